The van der Waals surface area contributed by atoms with Gasteiger partial charge in [-0.25, -0.2) is 4.68 Å². The number of amides is 1. The number of carbonyl (C=O) groups excluding carboxylic acids is 1. The number of benzene rings is 1. The van der Waals surface area contributed by atoms with Crippen LogP contribution in [0.2, 0.25) is 0 Å². The maximum Gasteiger partial charge on any atom is 0.273 e. The number of hydrogen-bond donors (Lipinski definition) is 2. The Labute approximate surface area is 161 Å². The first-order valence-corrected chi connectivity index (χ1v) is 9.71. The Morgan fingerprint density at radius 1 is 1.33 bits per heavy atom. The number of nitrogens with zero attached hydrogens (tertiary/aromatic N) is 4. The van der Waals surface area contributed by atoms with Crippen LogP contribution in [0.4, 0.5) is 0 Å². The topological polar surface area (TPSA) is 75.1 Å². The van der Waals surface area contributed by atoms with Crippen molar-refractivity contribution >= 4 is 5.91 Å². The fourth-order valence-electron chi connectivity index (χ4n) is 3.21. The van der Waals surface area contributed by atoms with Crippen molar-refractivity contribution < 1.29 is 4.79 Å². The van der Waals surface area contributed by atoms with E-state index in [0.717, 1.165) is 38.0 Å². The highest BCUT2D eigenvalue weighted by molar-refractivity contribution is 5.91. The third-order valence-electron chi connectivity index (χ3n) is 5.18. The molecule has 1 aromatic carbocycles. The van der Waals surface area contributed by atoms with E-state index >= 15 is 0 Å². The molecule has 146 valence electrons. The highest BCUT2D eigenvalue weighted by atomic mass is 16.2. The van der Waals surface area contributed by atoms with Gasteiger partial charge in [0.15, 0.2) is 5.69 Å². The zero-order chi connectivity index (χ0) is 19.2. The Bertz CT molecular complexity index is 750. The van der Waals surface area contributed by atoms with Crippen LogP contribution in [0.15, 0.2) is 30.5 Å². The normalized spacial score (nSPS) is 15.4. The van der Waals surface area contributed by atoms with Gasteiger partial charge in [0.05, 0.1) is 12.2 Å². The molecule has 0 atom stereocenters. The lowest BCUT2D eigenvalue weighted by Crippen LogP contribution is -2.29. The van der Waals surface area contributed by atoms with E-state index in [2.05, 4.69) is 58.9 Å². The average molecular weight is 371 g/mol. The summed E-state index contributed by atoms with van der Waals surface area (Å²) >= 11 is 0. The molecule has 0 spiro atoms. The average Bonchev–Trinajstić information content (AvgIpc) is 3.17. The van der Waals surface area contributed by atoms with Gasteiger partial charge in [-0.2, -0.15) is 0 Å². The van der Waals surface area contributed by atoms with Crippen molar-refractivity contribution in [3.05, 3.63) is 47.3 Å². The number of nitrogens with one attached hydrogen (secondary N) is 2. The number of carbonyl (C=O) groups is 1. The van der Waals surface area contributed by atoms with Crippen LogP contribution in [0.25, 0.3) is 0 Å². The molecule has 7 nitrogen and oxygen atoms in total. The Balaban J connectivity index is 1.55. The first-order valence-electron chi connectivity index (χ1n) is 9.71. The summed E-state index contributed by atoms with van der Waals surface area (Å²) in [5, 5.41) is 14.5. The molecule has 0 radical (unpaired) electrons. The zero-order valence-corrected chi connectivity index (χ0v) is 16.5. The molecule has 2 N–H and O–H groups in total. The summed E-state index contributed by atoms with van der Waals surface area (Å²) in [6.45, 7) is 7.70. The van der Waals surface area contributed by atoms with Crippen LogP contribution < -0.4 is 10.6 Å². The van der Waals surface area contributed by atoms with Crippen LogP contribution in [0, 0.1) is 0 Å². The number of rotatable bonds is 7. The molecule has 1 fully saturated rings. The Morgan fingerprint density at radius 3 is 2.81 bits per heavy atom. The minimum atomic E-state index is -0.181. The second-order valence-electron chi connectivity index (χ2n) is 7.58. The molecule has 0 bridgehead atoms. The first kappa shape index (κ1) is 19.5. The maximum atomic E-state index is 12.4. The molecule has 0 aliphatic carbocycles. The first-order chi connectivity index (χ1) is 13.0. The van der Waals surface area contributed by atoms with Gasteiger partial charge < -0.3 is 10.6 Å². The van der Waals surface area contributed by atoms with Crippen molar-refractivity contribution in [3.8, 4) is 0 Å². The molecule has 3 rings (SSSR count). The minimum absolute atomic E-state index is 0.181. The molecule has 1 aliphatic heterocycles. The summed E-state index contributed by atoms with van der Waals surface area (Å²) in [4.78, 5) is 14.7. The van der Waals surface area contributed by atoms with Crippen molar-refractivity contribution in [3.63, 3.8) is 0 Å². The maximum absolute atomic E-state index is 12.4. The van der Waals surface area contributed by atoms with Gasteiger partial charge in [-0.15, -0.1) is 5.10 Å². The van der Waals surface area contributed by atoms with Crippen molar-refractivity contribution in [2.75, 3.05) is 20.1 Å². The van der Waals surface area contributed by atoms with E-state index in [0.29, 0.717) is 24.3 Å². The van der Waals surface area contributed by atoms with Crippen LogP contribution >= 0.6 is 0 Å². The molecule has 1 amide bonds. The molecule has 1 aromatic heterocycles. The quantitative estimate of drug-likeness (QED) is 0.779. The van der Waals surface area contributed by atoms with E-state index in [-0.39, 0.29) is 5.91 Å². The molecule has 0 unspecified atom stereocenters. The van der Waals surface area contributed by atoms with Gasteiger partial charge in [0.1, 0.15) is 0 Å². The van der Waals surface area contributed by atoms with Gasteiger partial charge in [0.25, 0.3) is 5.91 Å². The standard InChI is InChI=1S/C20H30N6O/c1-15(2)25(3)13-17-6-4-5-16(11-17)12-22-20(27)19-14-26(24-23-19)18-7-9-21-10-8-18/h4-6,11,14-15,18,21H,7-10,12-13H2,1-3H3,(H,22,27). The molecule has 0 saturated carbocycles. The number of aromatic nitrogens is 3. The number of piperidine rings is 1. The summed E-state index contributed by atoms with van der Waals surface area (Å²) in [6, 6.07) is 9.16. The predicted octanol–water partition coefficient (Wildman–Crippen LogP) is 1.97. The Hall–Kier alpha value is -2.25. The van der Waals surface area contributed by atoms with Gasteiger partial charge in [-0.1, -0.05) is 29.5 Å². The van der Waals surface area contributed by atoms with E-state index in [1.54, 1.807) is 6.20 Å². The van der Waals surface area contributed by atoms with Crippen molar-refractivity contribution in [2.24, 2.45) is 0 Å². The van der Waals surface area contributed by atoms with Gasteiger partial charge in [-0.3, -0.25) is 9.69 Å². The highest BCUT2D eigenvalue weighted by Crippen LogP contribution is 2.17. The third-order valence-corrected chi connectivity index (χ3v) is 5.18. The lowest BCUT2D eigenvalue weighted by molar-refractivity contribution is 0.0945. The minimum Gasteiger partial charge on any atom is -0.347 e. The van der Waals surface area contributed by atoms with E-state index < -0.39 is 0 Å². The largest absolute Gasteiger partial charge is 0.347 e. The summed E-state index contributed by atoms with van der Waals surface area (Å²) < 4.78 is 1.83. The van der Waals surface area contributed by atoms with Crippen molar-refractivity contribution in [1.29, 1.82) is 0 Å². The Kier molecular flexibility index (Phi) is 6.58. The predicted molar refractivity (Wildman–Crippen MR) is 105 cm³/mol. The van der Waals surface area contributed by atoms with Crippen LogP contribution in [0.3, 0.4) is 0 Å². The Morgan fingerprint density at radius 2 is 2.07 bits per heavy atom. The van der Waals surface area contributed by atoms with Gasteiger partial charge in [0, 0.05) is 19.1 Å². The summed E-state index contributed by atoms with van der Waals surface area (Å²) in [5.74, 6) is -0.181. The van der Waals surface area contributed by atoms with E-state index in [4.69, 9.17) is 0 Å². The van der Waals surface area contributed by atoms with Crippen LogP contribution in [-0.2, 0) is 13.1 Å². The molecule has 1 aliphatic rings. The van der Waals surface area contributed by atoms with Crippen LogP contribution in [0.1, 0.15) is 54.3 Å². The molecule has 2 heterocycles. The van der Waals surface area contributed by atoms with Gasteiger partial charge >= 0.3 is 0 Å². The molecular weight excluding hydrogens is 340 g/mol. The van der Waals surface area contributed by atoms with Gasteiger partial charge in [0.2, 0.25) is 0 Å². The van der Waals surface area contributed by atoms with Crippen LogP contribution in [-0.4, -0.2) is 52.0 Å². The molecule has 27 heavy (non-hydrogen) atoms. The second-order valence-corrected chi connectivity index (χ2v) is 7.58. The molecular formula is C20H30N6O. The highest BCUT2D eigenvalue weighted by Gasteiger charge is 2.18. The van der Waals surface area contributed by atoms with Crippen LogP contribution in [0.5, 0.6) is 0 Å². The van der Waals surface area contributed by atoms with E-state index in [9.17, 15) is 4.79 Å². The SMILES string of the molecule is CC(C)N(C)Cc1cccc(CNC(=O)c2cn(C3CCNCC3)nn2)c1. The molecule has 7 heteroatoms. The lowest BCUT2D eigenvalue weighted by Gasteiger charge is -2.22. The fourth-order valence-corrected chi connectivity index (χ4v) is 3.21. The molecule has 2 aromatic rings. The summed E-state index contributed by atoms with van der Waals surface area (Å²) in [6.07, 6.45) is 3.80. The van der Waals surface area contributed by atoms with Crippen molar-refractivity contribution in [1.82, 2.24) is 30.5 Å². The summed E-state index contributed by atoms with van der Waals surface area (Å²) in [7, 11) is 2.12. The van der Waals surface area contributed by atoms with Gasteiger partial charge in [-0.05, 0) is 58.0 Å². The fraction of sp³-hybridized carbons (Fsp3) is 0.550. The second kappa shape index (κ2) is 9.10. The zero-order valence-electron chi connectivity index (χ0n) is 16.5. The van der Waals surface area contributed by atoms with Crippen molar-refractivity contribution in [2.45, 2.75) is 51.9 Å². The van der Waals surface area contributed by atoms with E-state index in [1.165, 1.54) is 5.56 Å². The lowest BCUT2D eigenvalue weighted by atomic mass is 10.1. The smallest absolute Gasteiger partial charge is 0.273 e. The third kappa shape index (κ3) is 5.37. The van der Waals surface area contributed by atoms with E-state index in [1.807, 2.05) is 16.8 Å². The summed E-state index contributed by atoms with van der Waals surface area (Å²) in [5.41, 5.74) is 2.71. The monoisotopic (exact) mass is 370 g/mol. The number of hydrogen-bond acceptors (Lipinski definition) is 5. The molecule has 1 saturated heterocycles.